The van der Waals surface area contributed by atoms with Gasteiger partial charge in [-0.1, -0.05) is 48.5 Å². The molecule has 0 unspecified atom stereocenters. The van der Waals surface area contributed by atoms with E-state index >= 15 is 0 Å². The fraction of sp³-hybridized carbons (Fsp3) is 0.0625. The minimum absolute atomic E-state index is 0.924. The molecule has 1 aromatic heterocycles. The van der Waals surface area contributed by atoms with Crippen LogP contribution < -0.4 is 4.80 Å². The van der Waals surface area contributed by atoms with Crippen LogP contribution in [0, 0.1) is 6.92 Å². The number of hydrogen-bond acceptors (Lipinski definition) is 2. The van der Waals surface area contributed by atoms with Crippen LogP contribution in [-0.2, 0) is 0 Å². The highest BCUT2D eigenvalue weighted by Crippen LogP contribution is 2.18. The van der Waals surface area contributed by atoms with Gasteiger partial charge in [-0.25, -0.2) is 4.99 Å². The molecule has 3 rings (SSSR count). The second-order valence-electron chi connectivity index (χ2n) is 4.34. The van der Waals surface area contributed by atoms with E-state index in [4.69, 9.17) is 0 Å². The summed E-state index contributed by atoms with van der Waals surface area (Å²) >= 11 is 1.63. The zero-order chi connectivity index (χ0) is 13.1. The van der Waals surface area contributed by atoms with Gasteiger partial charge in [-0.2, -0.15) is 0 Å². The molecule has 0 saturated heterocycles. The molecule has 0 aliphatic heterocycles. The highest BCUT2D eigenvalue weighted by atomic mass is 32.1. The molecule has 0 atom stereocenters. The van der Waals surface area contributed by atoms with Crippen LogP contribution in [0.1, 0.15) is 5.56 Å². The molecular weight excluding hydrogens is 252 g/mol. The number of aryl methyl sites for hydroxylation is 1. The molecule has 0 saturated carbocycles. The van der Waals surface area contributed by atoms with E-state index in [0.29, 0.717) is 0 Å². The van der Waals surface area contributed by atoms with Crippen molar-refractivity contribution in [3.05, 3.63) is 70.3 Å². The number of nitrogens with zero attached hydrogens (tertiary/aromatic N) is 1. The summed E-state index contributed by atoms with van der Waals surface area (Å²) in [5, 5.41) is 2.10. The third-order valence-corrected chi connectivity index (χ3v) is 3.72. The number of aromatic nitrogens is 1. The van der Waals surface area contributed by atoms with Gasteiger partial charge in [0, 0.05) is 5.38 Å². The molecule has 0 bridgehead atoms. The maximum Gasteiger partial charge on any atom is 0.187 e. The number of aromatic amines is 1. The average Bonchev–Trinajstić information content (AvgIpc) is 2.91. The third-order valence-electron chi connectivity index (χ3n) is 2.95. The first-order valence-corrected chi connectivity index (χ1v) is 7.04. The Morgan fingerprint density at radius 2 is 1.68 bits per heavy atom. The summed E-state index contributed by atoms with van der Waals surface area (Å²) in [6.07, 6.45) is 0. The summed E-state index contributed by atoms with van der Waals surface area (Å²) in [5.41, 5.74) is 4.49. The van der Waals surface area contributed by atoms with E-state index in [0.717, 1.165) is 16.2 Å². The first kappa shape index (κ1) is 11.9. The normalized spacial score (nSPS) is 11.7. The highest BCUT2D eigenvalue weighted by molar-refractivity contribution is 7.07. The molecule has 1 N–H and O–H groups in total. The molecule has 0 amide bonds. The molecular formula is C16H14N2S. The summed E-state index contributed by atoms with van der Waals surface area (Å²) in [7, 11) is 0. The fourth-order valence-corrected chi connectivity index (χ4v) is 2.64. The average molecular weight is 266 g/mol. The highest BCUT2D eigenvalue weighted by Gasteiger charge is 1.99. The van der Waals surface area contributed by atoms with Crippen LogP contribution in [-0.4, -0.2) is 4.98 Å². The Morgan fingerprint density at radius 1 is 0.947 bits per heavy atom. The lowest BCUT2D eigenvalue weighted by atomic mass is 10.2. The molecule has 94 valence electrons. The Hall–Kier alpha value is -2.13. The monoisotopic (exact) mass is 266 g/mol. The Bertz CT molecular complexity index is 738. The molecule has 19 heavy (non-hydrogen) atoms. The van der Waals surface area contributed by atoms with Crippen molar-refractivity contribution in [3.63, 3.8) is 0 Å². The minimum Gasteiger partial charge on any atom is -0.330 e. The van der Waals surface area contributed by atoms with E-state index in [9.17, 15) is 0 Å². The van der Waals surface area contributed by atoms with Crippen molar-refractivity contribution in [2.75, 3.05) is 0 Å². The maximum absolute atomic E-state index is 4.65. The van der Waals surface area contributed by atoms with Gasteiger partial charge in [0.2, 0.25) is 0 Å². The standard InChI is InChI=1S/C16H14N2S/c1-12-7-5-6-10-14(12)17-16-18-15(11-19-16)13-8-3-2-4-9-13/h2-11H,1H3,(H,17,18). The third kappa shape index (κ3) is 2.66. The van der Waals surface area contributed by atoms with E-state index < -0.39 is 0 Å². The van der Waals surface area contributed by atoms with Gasteiger partial charge in [-0.15, -0.1) is 11.3 Å². The van der Waals surface area contributed by atoms with Gasteiger partial charge in [0.1, 0.15) is 0 Å². The zero-order valence-corrected chi connectivity index (χ0v) is 11.4. The number of rotatable bonds is 2. The van der Waals surface area contributed by atoms with Crippen LogP contribution in [0.25, 0.3) is 11.3 Å². The molecule has 0 aliphatic carbocycles. The van der Waals surface area contributed by atoms with Crippen LogP contribution in [0.2, 0.25) is 0 Å². The smallest absolute Gasteiger partial charge is 0.187 e. The topological polar surface area (TPSA) is 28.1 Å². The van der Waals surface area contributed by atoms with Gasteiger partial charge in [-0.3, -0.25) is 0 Å². The molecule has 1 heterocycles. The predicted octanol–water partition coefficient (Wildman–Crippen LogP) is 4.28. The van der Waals surface area contributed by atoms with Crippen LogP contribution in [0.15, 0.2) is 65.0 Å². The number of para-hydroxylation sites is 1. The number of thiazole rings is 1. The Labute approximate surface area is 116 Å². The van der Waals surface area contributed by atoms with Crippen molar-refractivity contribution in [1.29, 1.82) is 0 Å². The van der Waals surface area contributed by atoms with Crippen LogP contribution >= 0.6 is 11.3 Å². The lowest BCUT2D eigenvalue weighted by molar-refractivity contribution is 1.22. The van der Waals surface area contributed by atoms with Crippen molar-refractivity contribution in [1.82, 2.24) is 4.98 Å². The first-order chi connectivity index (χ1) is 9.33. The van der Waals surface area contributed by atoms with Gasteiger partial charge >= 0.3 is 0 Å². The lowest BCUT2D eigenvalue weighted by Crippen LogP contribution is -1.97. The van der Waals surface area contributed by atoms with E-state index in [1.54, 1.807) is 11.3 Å². The number of hydrogen-bond donors (Lipinski definition) is 1. The second-order valence-corrected chi connectivity index (χ2v) is 5.20. The first-order valence-electron chi connectivity index (χ1n) is 6.16. The zero-order valence-electron chi connectivity index (χ0n) is 10.6. The summed E-state index contributed by atoms with van der Waals surface area (Å²) in [4.78, 5) is 8.93. The Morgan fingerprint density at radius 3 is 2.47 bits per heavy atom. The van der Waals surface area contributed by atoms with Crippen molar-refractivity contribution < 1.29 is 0 Å². The van der Waals surface area contributed by atoms with Gasteiger partial charge < -0.3 is 4.98 Å². The van der Waals surface area contributed by atoms with Crippen LogP contribution in [0.3, 0.4) is 0 Å². The Balaban J connectivity index is 2.01. The van der Waals surface area contributed by atoms with Crippen molar-refractivity contribution >= 4 is 17.0 Å². The largest absolute Gasteiger partial charge is 0.330 e. The Kier molecular flexibility index (Phi) is 3.29. The van der Waals surface area contributed by atoms with Gasteiger partial charge in [-0.05, 0) is 24.1 Å². The quantitative estimate of drug-likeness (QED) is 0.717. The molecule has 3 heteroatoms. The van der Waals surface area contributed by atoms with E-state index in [2.05, 4.69) is 40.5 Å². The van der Waals surface area contributed by atoms with Crippen molar-refractivity contribution in [2.45, 2.75) is 6.92 Å². The molecule has 0 fully saturated rings. The molecule has 0 radical (unpaired) electrons. The number of nitrogens with one attached hydrogen (secondary N) is 1. The molecule has 2 nitrogen and oxygen atoms in total. The fourth-order valence-electron chi connectivity index (χ4n) is 1.90. The summed E-state index contributed by atoms with van der Waals surface area (Å²) in [6.45, 7) is 2.07. The SMILES string of the molecule is Cc1ccccc1N=c1[nH]c(-c2ccccc2)cs1. The van der Waals surface area contributed by atoms with Crippen molar-refractivity contribution in [2.24, 2.45) is 4.99 Å². The van der Waals surface area contributed by atoms with Gasteiger partial charge in [0.05, 0.1) is 11.4 Å². The molecule has 0 aliphatic rings. The van der Waals surface area contributed by atoms with Gasteiger partial charge in [0.15, 0.2) is 4.80 Å². The lowest BCUT2D eigenvalue weighted by Gasteiger charge is -1.96. The molecule has 3 aromatic rings. The van der Waals surface area contributed by atoms with Crippen LogP contribution in [0.5, 0.6) is 0 Å². The van der Waals surface area contributed by atoms with E-state index in [1.165, 1.54) is 11.1 Å². The predicted molar refractivity (Wildman–Crippen MR) is 80.5 cm³/mol. The van der Waals surface area contributed by atoms with E-state index in [-0.39, 0.29) is 0 Å². The molecule has 2 aromatic carbocycles. The number of H-pyrrole nitrogens is 1. The summed E-state index contributed by atoms with van der Waals surface area (Å²) in [6, 6.07) is 18.4. The summed E-state index contributed by atoms with van der Waals surface area (Å²) < 4.78 is 0. The van der Waals surface area contributed by atoms with Crippen molar-refractivity contribution in [3.8, 4) is 11.3 Å². The number of benzene rings is 2. The minimum atomic E-state index is 0.924. The summed E-state index contributed by atoms with van der Waals surface area (Å²) in [5.74, 6) is 0. The maximum atomic E-state index is 4.65. The van der Waals surface area contributed by atoms with Crippen LogP contribution in [0.4, 0.5) is 5.69 Å². The van der Waals surface area contributed by atoms with Gasteiger partial charge in [0.25, 0.3) is 0 Å². The second kappa shape index (κ2) is 5.24. The van der Waals surface area contributed by atoms with E-state index in [1.807, 2.05) is 36.4 Å². The molecule has 0 spiro atoms.